The number of nitrogens with one attached hydrogen (secondary N) is 1. The van der Waals surface area contributed by atoms with Crippen molar-refractivity contribution < 1.29 is 32.5 Å². The normalized spacial score (nSPS) is 13.5. The molecule has 0 radical (unpaired) electrons. The lowest BCUT2D eigenvalue weighted by atomic mass is 9.91. The molecule has 2 atom stereocenters. The number of rotatable bonds is 10. The molecule has 2 rings (SSSR count). The minimum absolute atomic E-state index is 0.117. The van der Waals surface area contributed by atoms with E-state index in [1.807, 2.05) is 6.92 Å². The number of alkyl halides is 3. The summed E-state index contributed by atoms with van der Waals surface area (Å²) in [5, 5.41) is 12.0. The molecule has 30 heavy (non-hydrogen) atoms. The van der Waals surface area contributed by atoms with Gasteiger partial charge in [-0.2, -0.15) is 13.2 Å². The first-order valence-corrected chi connectivity index (χ1v) is 9.36. The summed E-state index contributed by atoms with van der Waals surface area (Å²) in [6, 6.07) is 4.33. The SMILES string of the molecule is CCO[C@@H](c1ccc([C@@H](CC)CC(=O)O)cc1Nc1cnc(OC)cn1)C(F)(F)F. The van der Waals surface area contributed by atoms with E-state index in [-0.39, 0.29) is 41.9 Å². The molecule has 2 N–H and O–H groups in total. The molecule has 0 aliphatic carbocycles. The van der Waals surface area contributed by atoms with Crippen LogP contribution in [0.3, 0.4) is 0 Å². The van der Waals surface area contributed by atoms with Crippen molar-refractivity contribution in [3.63, 3.8) is 0 Å². The van der Waals surface area contributed by atoms with Crippen molar-refractivity contribution in [2.75, 3.05) is 19.0 Å². The van der Waals surface area contributed by atoms with Gasteiger partial charge in [-0.1, -0.05) is 19.1 Å². The lowest BCUT2D eigenvalue weighted by molar-refractivity contribution is -0.222. The van der Waals surface area contributed by atoms with E-state index in [2.05, 4.69) is 15.3 Å². The number of benzene rings is 1. The summed E-state index contributed by atoms with van der Waals surface area (Å²) in [5.41, 5.74) is 0.590. The molecule has 0 amide bonds. The number of carboxylic acid groups (broad SMARTS) is 1. The molecule has 1 heterocycles. The molecule has 1 aromatic heterocycles. The second kappa shape index (κ2) is 10.2. The summed E-state index contributed by atoms with van der Waals surface area (Å²) < 4.78 is 50.8. The lowest BCUT2D eigenvalue weighted by Gasteiger charge is -2.25. The van der Waals surface area contributed by atoms with Crippen LogP contribution in [-0.2, 0) is 9.53 Å². The molecule has 2 aromatic rings. The quantitative estimate of drug-likeness (QED) is 0.560. The van der Waals surface area contributed by atoms with Gasteiger partial charge in [0.2, 0.25) is 5.88 Å². The fraction of sp³-hybridized carbons (Fsp3) is 0.450. The van der Waals surface area contributed by atoms with E-state index < -0.39 is 18.2 Å². The number of aliphatic carboxylic acids is 1. The van der Waals surface area contributed by atoms with E-state index in [9.17, 15) is 18.0 Å². The first-order chi connectivity index (χ1) is 14.2. The van der Waals surface area contributed by atoms with Crippen LogP contribution in [0.5, 0.6) is 5.88 Å². The predicted molar refractivity (Wildman–Crippen MR) is 104 cm³/mol. The zero-order valence-electron chi connectivity index (χ0n) is 16.9. The first-order valence-electron chi connectivity index (χ1n) is 9.36. The topological polar surface area (TPSA) is 93.6 Å². The first kappa shape index (κ1) is 23.4. The maximum Gasteiger partial charge on any atom is 0.418 e. The second-order valence-corrected chi connectivity index (χ2v) is 6.50. The van der Waals surface area contributed by atoms with Gasteiger partial charge >= 0.3 is 12.1 Å². The van der Waals surface area contributed by atoms with E-state index in [1.54, 1.807) is 0 Å². The number of anilines is 2. The Morgan fingerprint density at radius 3 is 2.47 bits per heavy atom. The summed E-state index contributed by atoms with van der Waals surface area (Å²) in [6.07, 6.45) is -3.75. The van der Waals surface area contributed by atoms with Crippen LogP contribution in [0.2, 0.25) is 0 Å². The van der Waals surface area contributed by atoms with Gasteiger partial charge in [-0.15, -0.1) is 0 Å². The third-order valence-electron chi connectivity index (χ3n) is 4.48. The summed E-state index contributed by atoms with van der Waals surface area (Å²) in [4.78, 5) is 19.2. The Balaban J connectivity index is 2.52. The minimum Gasteiger partial charge on any atom is -0.481 e. The van der Waals surface area contributed by atoms with Crippen molar-refractivity contribution in [3.05, 3.63) is 41.7 Å². The van der Waals surface area contributed by atoms with Crippen molar-refractivity contribution in [3.8, 4) is 5.88 Å². The van der Waals surface area contributed by atoms with Crippen LogP contribution in [0.15, 0.2) is 30.6 Å². The van der Waals surface area contributed by atoms with Crippen LogP contribution in [0, 0.1) is 0 Å². The molecule has 0 saturated carbocycles. The number of hydrogen-bond donors (Lipinski definition) is 2. The van der Waals surface area contributed by atoms with Crippen molar-refractivity contribution in [2.24, 2.45) is 0 Å². The second-order valence-electron chi connectivity index (χ2n) is 6.50. The molecule has 0 fully saturated rings. The third kappa shape index (κ3) is 6.06. The highest BCUT2D eigenvalue weighted by Crippen LogP contribution is 2.41. The standard InChI is InChI=1S/C20H24F3N3O4/c1-4-12(9-18(27)28)13-6-7-14(19(30-5-2)20(21,22)23)15(8-13)26-16-10-25-17(29-3)11-24-16/h6-8,10-12,19H,4-5,9H2,1-3H3,(H,24,26)(H,27,28)/t12-,19-/m0/s1. The number of ether oxygens (including phenoxy) is 2. The molecule has 0 aliphatic heterocycles. The van der Waals surface area contributed by atoms with Gasteiger partial charge in [-0.3, -0.25) is 4.79 Å². The van der Waals surface area contributed by atoms with E-state index in [4.69, 9.17) is 14.6 Å². The van der Waals surface area contributed by atoms with Gasteiger partial charge in [-0.05, 0) is 30.9 Å². The maximum atomic E-state index is 13.6. The van der Waals surface area contributed by atoms with Gasteiger partial charge in [0.25, 0.3) is 0 Å². The van der Waals surface area contributed by atoms with Crippen LogP contribution in [0.4, 0.5) is 24.7 Å². The molecule has 10 heteroatoms. The number of halogens is 3. The predicted octanol–water partition coefficient (Wildman–Crippen LogP) is 4.84. The molecular formula is C20H24F3N3O4. The van der Waals surface area contributed by atoms with Gasteiger partial charge in [0.1, 0.15) is 5.82 Å². The molecule has 0 aliphatic rings. The Kier molecular flexibility index (Phi) is 7.99. The maximum absolute atomic E-state index is 13.6. The minimum atomic E-state index is -4.63. The molecule has 0 unspecified atom stereocenters. The van der Waals surface area contributed by atoms with E-state index >= 15 is 0 Å². The average molecular weight is 427 g/mol. The molecule has 0 bridgehead atoms. The molecule has 0 spiro atoms. The smallest absolute Gasteiger partial charge is 0.418 e. The zero-order valence-corrected chi connectivity index (χ0v) is 16.9. The fourth-order valence-corrected chi connectivity index (χ4v) is 3.02. The van der Waals surface area contributed by atoms with Crippen molar-refractivity contribution >= 4 is 17.5 Å². The number of carbonyl (C=O) groups is 1. The summed E-state index contributed by atoms with van der Waals surface area (Å²) >= 11 is 0. The summed E-state index contributed by atoms with van der Waals surface area (Å²) in [7, 11) is 1.42. The number of nitrogens with zero attached hydrogens (tertiary/aromatic N) is 2. The molecular weight excluding hydrogens is 403 g/mol. The van der Waals surface area contributed by atoms with Gasteiger partial charge in [0.05, 0.1) is 25.9 Å². The van der Waals surface area contributed by atoms with Crippen LogP contribution in [-0.4, -0.2) is 40.9 Å². The van der Waals surface area contributed by atoms with Gasteiger partial charge in [0, 0.05) is 17.9 Å². The Morgan fingerprint density at radius 2 is 1.97 bits per heavy atom. The van der Waals surface area contributed by atoms with Crippen LogP contribution in [0.1, 0.15) is 49.8 Å². The zero-order chi connectivity index (χ0) is 22.3. The molecule has 0 saturated heterocycles. The third-order valence-corrected chi connectivity index (χ3v) is 4.48. The van der Waals surface area contributed by atoms with Gasteiger partial charge < -0.3 is 19.9 Å². The Hall–Kier alpha value is -2.88. The number of carboxylic acids is 1. The van der Waals surface area contributed by atoms with E-state index in [0.717, 1.165) is 0 Å². The van der Waals surface area contributed by atoms with Crippen molar-refractivity contribution in [1.82, 2.24) is 9.97 Å². The van der Waals surface area contributed by atoms with E-state index in [1.165, 1.54) is 44.6 Å². The Morgan fingerprint density at radius 1 is 1.23 bits per heavy atom. The largest absolute Gasteiger partial charge is 0.481 e. The number of hydrogen-bond acceptors (Lipinski definition) is 6. The van der Waals surface area contributed by atoms with E-state index in [0.29, 0.717) is 12.0 Å². The number of aromatic nitrogens is 2. The Bertz CT molecular complexity index is 844. The molecule has 164 valence electrons. The van der Waals surface area contributed by atoms with Gasteiger partial charge in [0.15, 0.2) is 6.10 Å². The Labute approximate surface area is 172 Å². The van der Waals surface area contributed by atoms with Crippen LogP contribution >= 0.6 is 0 Å². The highest BCUT2D eigenvalue weighted by atomic mass is 19.4. The highest BCUT2D eigenvalue weighted by Gasteiger charge is 2.43. The fourth-order valence-electron chi connectivity index (χ4n) is 3.02. The van der Waals surface area contributed by atoms with Crippen LogP contribution in [0.25, 0.3) is 0 Å². The summed E-state index contributed by atoms with van der Waals surface area (Å²) in [5.74, 6) is -0.873. The van der Waals surface area contributed by atoms with Crippen molar-refractivity contribution in [2.45, 2.75) is 44.9 Å². The lowest BCUT2D eigenvalue weighted by Crippen LogP contribution is -2.24. The van der Waals surface area contributed by atoms with Gasteiger partial charge in [-0.25, -0.2) is 9.97 Å². The highest BCUT2D eigenvalue weighted by molar-refractivity contribution is 5.69. The van der Waals surface area contributed by atoms with Crippen LogP contribution < -0.4 is 10.1 Å². The average Bonchev–Trinajstić information content (AvgIpc) is 2.70. The summed E-state index contributed by atoms with van der Waals surface area (Å²) in [6.45, 7) is 3.17. The monoisotopic (exact) mass is 427 g/mol. The van der Waals surface area contributed by atoms with Crippen molar-refractivity contribution in [1.29, 1.82) is 0 Å². The number of methoxy groups -OCH3 is 1. The molecule has 7 nitrogen and oxygen atoms in total. The molecule has 1 aromatic carbocycles.